The zero-order valence-corrected chi connectivity index (χ0v) is 10.3. The summed E-state index contributed by atoms with van der Waals surface area (Å²) in [6.45, 7) is -1.42. The van der Waals surface area contributed by atoms with Gasteiger partial charge in [-0.2, -0.15) is 8.78 Å². The van der Waals surface area contributed by atoms with E-state index < -0.39 is 12.5 Å². The van der Waals surface area contributed by atoms with Crippen LogP contribution in [0.25, 0.3) is 0 Å². The Kier molecular flexibility index (Phi) is 6.76. The minimum absolute atomic E-state index is 0.0959. The second kappa shape index (κ2) is 8.39. The molecule has 0 bridgehead atoms. The van der Waals surface area contributed by atoms with E-state index in [2.05, 4.69) is 10.1 Å². The Morgan fingerprint density at radius 3 is 2.58 bits per heavy atom. The molecule has 1 rings (SSSR count). The van der Waals surface area contributed by atoms with Crippen LogP contribution in [0.3, 0.4) is 0 Å². The smallest absolute Gasteiger partial charge is 0.387 e. The van der Waals surface area contributed by atoms with Crippen LogP contribution in [0.15, 0.2) is 24.3 Å². The average Bonchev–Trinajstić information content (AvgIpc) is 2.34. The molecule has 0 aromatic heterocycles. The number of hydrogen-bond donors (Lipinski definition) is 2. The quantitative estimate of drug-likeness (QED) is 0.656. The third-order valence-electron chi connectivity index (χ3n) is 2.15. The summed E-state index contributed by atoms with van der Waals surface area (Å²) in [6.07, 6.45) is 0. The Balaban J connectivity index is 2.17. The van der Waals surface area contributed by atoms with Crippen LogP contribution in [0.4, 0.5) is 8.78 Å². The molecule has 1 aromatic carbocycles. The molecule has 0 heterocycles. The molecule has 106 valence electrons. The normalized spacial score (nSPS) is 10.7. The minimum atomic E-state index is -2.81. The summed E-state index contributed by atoms with van der Waals surface area (Å²) in [5, 5.41) is 3.07. The van der Waals surface area contributed by atoms with E-state index in [4.69, 9.17) is 10.5 Å². The maximum atomic E-state index is 11.9. The number of alkyl halides is 2. The van der Waals surface area contributed by atoms with Crippen LogP contribution < -0.4 is 15.8 Å². The van der Waals surface area contributed by atoms with Gasteiger partial charge in [-0.15, -0.1) is 0 Å². The Morgan fingerprint density at radius 2 is 2.00 bits per heavy atom. The Labute approximate surface area is 109 Å². The molecule has 1 aromatic rings. The zero-order valence-electron chi connectivity index (χ0n) is 10.3. The molecule has 0 aliphatic carbocycles. The van der Waals surface area contributed by atoms with Crippen LogP contribution in [0, 0.1) is 0 Å². The van der Waals surface area contributed by atoms with Gasteiger partial charge in [-0.1, -0.05) is 12.1 Å². The third kappa shape index (κ3) is 7.32. The van der Waals surface area contributed by atoms with Crippen molar-refractivity contribution < 1.29 is 23.0 Å². The lowest BCUT2D eigenvalue weighted by Crippen LogP contribution is -2.23. The van der Waals surface area contributed by atoms with Gasteiger partial charge in [0.2, 0.25) is 5.91 Å². The summed E-state index contributed by atoms with van der Waals surface area (Å²) < 4.78 is 33.0. The molecule has 0 fully saturated rings. The molecule has 0 spiro atoms. The molecule has 0 saturated heterocycles. The van der Waals surface area contributed by atoms with Gasteiger partial charge in [0.05, 0.1) is 6.61 Å². The third-order valence-corrected chi connectivity index (χ3v) is 2.15. The Morgan fingerprint density at radius 1 is 1.32 bits per heavy atom. The van der Waals surface area contributed by atoms with E-state index in [0.717, 1.165) is 5.56 Å². The summed E-state index contributed by atoms with van der Waals surface area (Å²) in [7, 11) is 0. The van der Waals surface area contributed by atoms with Crippen LogP contribution in [0.2, 0.25) is 0 Å². The van der Waals surface area contributed by atoms with Gasteiger partial charge in [-0.05, 0) is 17.7 Å². The lowest BCUT2D eigenvalue weighted by atomic mass is 10.2. The van der Waals surface area contributed by atoms with Crippen molar-refractivity contribution in [2.24, 2.45) is 5.73 Å². The molecule has 0 aliphatic heterocycles. The highest BCUT2D eigenvalue weighted by atomic mass is 19.3. The fraction of sp³-hybridized carbons (Fsp3) is 0.417. The van der Waals surface area contributed by atoms with Gasteiger partial charge in [-0.3, -0.25) is 4.79 Å². The van der Waals surface area contributed by atoms with Crippen molar-refractivity contribution in [2.45, 2.75) is 13.2 Å². The van der Waals surface area contributed by atoms with Crippen LogP contribution >= 0.6 is 0 Å². The lowest BCUT2D eigenvalue weighted by molar-refractivity contribution is -0.122. The molecule has 1 amide bonds. The van der Waals surface area contributed by atoms with Gasteiger partial charge in [0, 0.05) is 13.1 Å². The second-order valence-electron chi connectivity index (χ2n) is 3.72. The van der Waals surface area contributed by atoms with E-state index in [1.807, 2.05) is 0 Å². The highest BCUT2D eigenvalue weighted by Crippen LogP contribution is 2.14. The molecule has 0 radical (unpaired) electrons. The average molecular weight is 274 g/mol. The Hall–Kier alpha value is -1.73. The van der Waals surface area contributed by atoms with Crippen LogP contribution in [0.1, 0.15) is 5.56 Å². The van der Waals surface area contributed by atoms with Gasteiger partial charge in [0.1, 0.15) is 12.4 Å². The molecule has 0 aliphatic rings. The first-order valence-corrected chi connectivity index (χ1v) is 5.68. The Bertz CT molecular complexity index is 385. The van der Waals surface area contributed by atoms with Gasteiger partial charge >= 0.3 is 6.61 Å². The number of hydrogen-bond acceptors (Lipinski definition) is 4. The SMILES string of the molecule is NC(=O)COCCNCc1ccc(OC(F)F)cc1. The van der Waals surface area contributed by atoms with Crippen LogP contribution in [-0.4, -0.2) is 32.3 Å². The molecule has 19 heavy (non-hydrogen) atoms. The predicted octanol–water partition coefficient (Wildman–Crippen LogP) is 0.879. The maximum absolute atomic E-state index is 11.9. The summed E-state index contributed by atoms with van der Waals surface area (Å²) in [4.78, 5) is 10.4. The number of halogens is 2. The maximum Gasteiger partial charge on any atom is 0.387 e. The summed E-state index contributed by atoms with van der Waals surface area (Å²) >= 11 is 0. The lowest BCUT2D eigenvalue weighted by Gasteiger charge is -2.07. The van der Waals surface area contributed by atoms with Crippen LogP contribution in [-0.2, 0) is 16.1 Å². The highest BCUT2D eigenvalue weighted by Gasteiger charge is 2.03. The largest absolute Gasteiger partial charge is 0.435 e. The van der Waals surface area contributed by atoms with Crippen molar-refractivity contribution >= 4 is 5.91 Å². The number of carbonyl (C=O) groups excluding carboxylic acids is 1. The van der Waals surface area contributed by atoms with E-state index in [1.165, 1.54) is 12.1 Å². The van der Waals surface area contributed by atoms with Crippen molar-refractivity contribution in [3.63, 3.8) is 0 Å². The summed E-state index contributed by atoms with van der Waals surface area (Å²) in [5.41, 5.74) is 5.82. The molecule has 0 unspecified atom stereocenters. The molecular weight excluding hydrogens is 258 g/mol. The number of rotatable bonds is 9. The van der Waals surface area contributed by atoms with Crippen LogP contribution in [0.5, 0.6) is 5.75 Å². The zero-order chi connectivity index (χ0) is 14.1. The van der Waals surface area contributed by atoms with E-state index in [0.29, 0.717) is 19.7 Å². The number of benzene rings is 1. The molecule has 7 heteroatoms. The highest BCUT2D eigenvalue weighted by molar-refractivity contribution is 5.74. The van der Waals surface area contributed by atoms with Gasteiger partial charge in [-0.25, -0.2) is 0 Å². The van der Waals surface area contributed by atoms with Gasteiger partial charge < -0.3 is 20.5 Å². The molecule has 0 atom stereocenters. The predicted molar refractivity (Wildman–Crippen MR) is 64.8 cm³/mol. The van der Waals surface area contributed by atoms with Crippen molar-refractivity contribution in [3.05, 3.63) is 29.8 Å². The fourth-order valence-electron chi connectivity index (χ4n) is 1.34. The number of amides is 1. The first-order valence-electron chi connectivity index (χ1n) is 5.68. The summed E-state index contributed by atoms with van der Waals surface area (Å²) in [5.74, 6) is -0.377. The number of carbonyl (C=O) groups is 1. The first kappa shape index (κ1) is 15.3. The van der Waals surface area contributed by atoms with Gasteiger partial charge in [0.15, 0.2) is 0 Å². The first-order chi connectivity index (χ1) is 9.08. The monoisotopic (exact) mass is 274 g/mol. The molecule has 3 N–H and O–H groups in total. The van der Waals surface area contributed by atoms with E-state index in [9.17, 15) is 13.6 Å². The van der Waals surface area contributed by atoms with Crippen molar-refractivity contribution in [3.8, 4) is 5.75 Å². The molecular formula is C12H16F2N2O3. The van der Waals surface area contributed by atoms with Crippen molar-refractivity contribution in [1.82, 2.24) is 5.32 Å². The van der Waals surface area contributed by atoms with Gasteiger partial charge in [0.25, 0.3) is 0 Å². The molecule has 0 saturated carbocycles. The number of ether oxygens (including phenoxy) is 2. The van der Waals surface area contributed by atoms with E-state index in [1.54, 1.807) is 12.1 Å². The van der Waals surface area contributed by atoms with Crippen molar-refractivity contribution in [1.29, 1.82) is 0 Å². The minimum Gasteiger partial charge on any atom is -0.435 e. The topological polar surface area (TPSA) is 73.6 Å². The summed E-state index contributed by atoms with van der Waals surface area (Å²) in [6, 6.07) is 6.34. The van der Waals surface area contributed by atoms with Crippen molar-refractivity contribution in [2.75, 3.05) is 19.8 Å². The number of primary amides is 1. The molecule has 5 nitrogen and oxygen atoms in total. The fourth-order valence-corrected chi connectivity index (χ4v) is 1.34. The van der Waals surface area contributed by atoms with E-state index >= 15 is 0 Å². The number of nitrogens with one attached hydrogen (secondary N) is 1. The second-order valence-corrected chi connectivity index (χ2v) is 3.72. The standard InChI is InChI=1S/C12H16F2N2O3/c13-12(14)19-10-3-1-9(2-4-10)7-16-5-6-18-8-11(15)17/h1-4,12,16H,5-8H2,(H2,15,17). The number of nitrogens with two attached hydrogens (primary N) is 1. The van der Waals surface area contributed by atoms with E-state index in [-0.39, 0.29) is 12.4 Å².